The van der Waals surface area contributed by atoms with E-state index < -0.39 is 0 Å². The van der Waals surface area contributed by atoms with E-state index in [0.29, 0.717) is 5.91 Å². The summed E-state index contributed by atoms with van der Waals surface area (Å²) >= 11 is 0. The quantitative estimate of drug-likeness (QED) is 0.807. The minimum Gasteiger partial charge on any atom is -0.492 e. The summed E-state index contributed by atoms with van der Waals surface area (Å²) < 4.78 is 6.16. The van der Waals surface area contributed by atoms with Crippen molar-refractivity contribution in [3.8, 4) is 0 Å². The van der Waals surface area contributed by atoms with Crippen LogP contribution in [0, 0.1) is 5.92 Å². The molecule has 24 heavy (non-hydrogen) atoms. The molecule has 1 aliphatic carbocycles. The Hall–Kier alpha value is -1.77. The van der Waals surface area contributed by atoms with E-state index in [4.69, 9.17) is 4.74 Å². The van der Waals surface area contributed by atoms with Gasteiger partial charge in [-0.2, -0.15) is 0 Å². The van der Waals surface area contributed by atoms with Gasteiger partial charge < -0.3 is 9.64 Å². The molecule has 3 heteroatoms. The number of hydrogen-bond acceptors (Lipinski definition) is 2. The Bertz CT molecular complexity index is 618. The average Bonchev–Trinajstić information content (AvgIpc) is 3.06. The van der Waals surface area contributed by atoms with Gasteiger partial charge in [0.15, 0.2) is 0 Å². The Labute approximate surface area is 144 Å². The van der Waals surface area contributed by atoms with Gasteiger partial charge in [-0.05, 0) is 36.8 Å². The van der Waals surface area contributed by atoms with E-state index in [0.717, 1.165) is 45.2 Å². The Balaban J connectivity index is 1.43. The molecule has 1 aromatic rings. The van der Waals surface area contributed by atoms with Crippen LogP contribution in [-0.2, 0) is 9.53 Å². The second kappa shape index (κ2) is 6.62. The smallest absolute Gasteiger partial charge is 0.225 e. The van der Waals surface area contributed by atoms with Crippen molar-refractivity contribution in [3.05, 3.63) is 42.2 Å². The lowest BCUT2D eigenvalue weighted by Gasteiger charge is -2.41. The number of likely N-dealkylation sites (tertiary alicyclic amines) is 1. The molecule has 0 N–H and O–H groups in total. The van der Waals surface area contributed by atoms with Gasteiger partial charge in [0.25, 0.3) is 0 Å². The summed E-state index contributed by atoms with van der Waals surface area (Å²) in [7, 11) is 0. The number of benzene rings is 1. The second-order valence-corrected chi connectivity index (χ2v) is 7.69. The van der Waals surface area contributed by atoms with Gasteiger partial charge in [-0.15, -0.1) is 0 Å². The number of amides is 1. The van der Waals surface area contributed by atoms with E-state index in [1.807, 2.05) is 12.3 Å². The van der Waals surface area contributed by atoms with Crippen LogP contribution in [0.1, 0.15) is 56.9 Å². The van der Waals surface area contributed by atoms with Gasteiger partial charge in [0.2, 0.25) is 5.91 Å². The number of nitrogens with zero attached hydrogens (tertiary/aromatic N) is 1. The topological polar surface area (TPSA) is 29.5 Å². The summed E-state index contributed by atoms with van der Waals surface area (Å²) in [4.78, 5) is 15.0. The first-order valence-electron chi connectivity index (χ1n) is 9.47. The Morgan fingerprint density at radius 2 is 1.88 bits per heavy atom. The molecule has 4 rings (SSSR count). The van der Waals surface area contributed by atoms with Gasteiger partial charge in [0.1, 0.15) is 5.60 Å². The van der Waals surface area contributed by atoms with Crippen LogP contribution in [0.2, 0.25) is 0 Å². The van der Waals surface area contributed by atoms with Crippen molar-refractivity contribution in [2.24, 2.45) is 5.92 Å². The molecule has 1 saturated heterocycles. The molecule has 2 aliphatic heterocycles. The molecule has 1 amide bonds. The summed E-state index contributed by atoms with van der Waals surface area (Å²) in [5, 5.41) is 0. The molecule has 2 fully saturated rings. The fraction of sp³-hybridized carbons (Fsp3) is 0.571. The Morgan fingerprint density at radius 1 is 1.08 bits per heavy atom. The van der Waals surface area contributed by atoms with Gasteiger partial charge in [0.05, 0.1) is 12.8 Å². The zero-order chi connectivity index (χ0) is 16.4. The van der Waals surface area contributed by atoms with Crippen molar-refractivity contribution in [1.82, 2.24) is 4.90 Å². The predicted molar refractivity (Wildman–Crippen MR) is 95.2 cm³/mol. The molecular formula is C21H27NO2. The molecule has 1 atom stereocenters. The molecule has 1 unspecified atom stereocenters. The maximum absolute atomic E-state index is 12.9. The van der Waals surface area contributed by atoms with Crippen LogP contribution >= 0.6 is 0 Å². The van der Waals surface area contributed by atoms with Crippen LogP contribution in [0.3, 0.4) is 0 Å². The zero-order valence-electron chi connectivity index (χ0n) is 14.4. The standard InChI is InChI=1S/C21H27NO2/c23-20(18-10-5-2-6-11-18)22-13-7-12-21(16-22)14-19(15-24-21)17-8-3-1-4-9-17/h1,3-4,8-9,15,18H,2,5-7,10-14,16H2. The van der Waals surface area contributed by atoms with Gasteiger partial charge >= 0.3 is 0 Å². The minimum atomic E-state index is -0.187. The lowest BCUT2D eigenvalue weighted by molar-refractivity contribution is -0.143. The van der Waals surface area contributed by atoms with Gasteiger partial charge in [-0.3, -0.25) is 4.79 Å². The molecular weight excluding hydrogens is 298 g/mol. The molecule has 1 aromatic carbocycles. The summed E-state index contributed by atoms with van der Waals surface area (Å²) in [5.41, 5.74) is 2.32. The Morgan fingerprint density at radius 3 is 2.67 bits per heavy atom. The first-order valence-corrected chi connectivity index (χ1v) is 9.47. The van der Waals surface area contributed by atoms with Crippen molar-refractivity contribution in [2.45, 2.75) is 57.0 Å². The molecule has 1 saturated carbocycles. The fourth-order valence-corrected chi connectivity index (χ4v) is 4.58. The van der Waals surface area contributed by atoms with Crippen molar-refractivity contribution >= 4 is 11.5 Å². The number of carbonyl (C=O) groups is 1. The van der Waals surface area contributed by atoms with Crippen LogP contribution in [0.5, 0.6) is 0 Å². The predicted octanol–water partition coefficient (Wildman–Crippen LogP) is 4.39. The number of rotatable bonds is 2. The summed E-state index contributed by atoms with van der Waals surface area (Å²) in [6.07, 6.45) is 10.8. The van der Waals surface area contributed by atoms with Crippen LogP contribution in [0.15, 0.2) is 36.6 Å². The maximum atomic E-state index is 12.9. The number of hydrogen-bond donors (Lipinski definition) is 0. The van der Waals surface area contributed by atoms with E-state index in [2.05, 4.69) is 29.2 Å². The summed E-state index contributed by atoms with van der Waals surface area (Å²) in [6, 6.07) is 10.5. The van der Waals surface area contributed by atoms with Crippen LogP contribution in [0.25, 0.3) is 5.57 Å². The highest BCUT2D eigenvalue weighted by molar-refractivity contribution is 5.79. The van der Waals surface area contributed by atoms with Crippen LogP contribution in [0.4, 0.5) is 0 Å². The van der Waals surface area contributed by atoms with Gasteiger partial charge in [0, 0.05) is 18.9 Å². The van der Waals surface area contributed by atoms with Crippen molar-refractivity contribution in [1.29, 1.82) is 0 Å². The molecule has 3 aliphatic rings. The normalized spacial score (nSPS) is 27.8. The van der Waals surface area contributed by atoms with Crippen molar-refractivity contribution in [3.63, 3.8) is 0 Å². The minimum absolute atomic E-state index is 0.187. The highest BCUT2D eigenvalue weighted by Gasteiger charge is 2.43. The van der Waals surface area contributed by atoms with E-state index >= 15 is 0 Å². The van der Waals surface area contributed by atoms with Gasteiger partial charge in [-0.25, -0.2) is 0 Å². The van der Waals surface area contributed by atoms with E-state index in [1.54, 1.807) is 0 Å². The van der Waals surface area contributed by atoms with Crippen molar-refractivity contribution in [2.75, 3.05) is 13.1 Å². The largest absolute Gasteiger partial charge is 0.492 e. The van der Waals surface area contributed by atoms with E-state index in [9.17, 15) is 4.79 Å². The molecule has 0 radical (unpaired) electrons. The fourth-order valence-electron chi connectivity index (χ4n) is 4.58. The average molecular weight is 325 g/mol. The zero-order valence-corrected chi connectivity index (χ0v) is 14.4. The highest BCUT2D eigenvalue weighted by Crippen LogP contribution is 2.41. The highest BCUT2D eigenvalue weighted by atomic mass is 16.5. The SMILES string of the molecule is O=C(C1CCCCC1)N1CCCC2(CC(c3ccccc3)=CO2)C1. The number of carbonyl (C=O) groups excluding carboxylic acids is 1. The molecule has 0 bridgehead atoms. The van der Waals surface area contributed by atoms with E-state index in [-0.39, 0.29) is 11.5 Å². The Kier molecular flexibility index (Phi) is 4.34. The third-order valence-corrected chi connectivity index (χ3v) is 5.91. The number of ether oxygens (including phenoxy) is 1. The van der Waals surface area contributed by atoms with Crippen molar-refractivity contribution < 1.29 is 9.53 Å². The molecule has 0 aromatic heterocycles. The number of piperidine rings is 1. The van der Waals surface area contributed by atoms with Crippen LogP contribution in [-0.4, -0.2) is 29.5 Å². The third kappa shape index (κ3) is 3.09. The summed E-state index contributed by atoms with van der Waals surface area (Å²) in [6.45, 7) is 1.66. The monoisotopic (exact) mass is 325 g/mol. The maximum Gasteiger partial charge on any atom is 0.225 e. The first kappa shape index (κ1) is 15.7. The molecule has 2 heterocycles. The van der Waals surface area contributed by atoms with Crippen LogP contribution < -0.4 is 0 Å². The molecule has 3 nitrogen and oxygen atoms in total. The lowest BCUT2D eigenvalue weighted by Crippen LogP contribution is -2.51. The second-order valence-electron chi connectivity index (χ2n) is 7.69. The summed E-state index contributed by atoms with van der Waals surface area (Å²) in [5.74, 6) is 0.641. The lowest BCUT2D eigenvalue weighted by atomic mass is 9.84. The van der Waals surface area contributed by atoms with E-state index in [1.165, 1.54) is 30.4 Å². The van der Waals surface area contributed by atoms with Gasteiger partial charge in [-0.1, -0.05) is 49.6 Å². The molecule has 1 spiro atoms. The third-order valence-electron chi connectivity index (χ3n) is 5.91. The molecule has 128 valence electrons. The first-order chi connectivity index (χ1) is 11.8.